The molecule has 8 heteroatoms. The zero-order chi connectivity index (χ0) is 18.4. The average molecular weight is 352 g/mol. The molecule has 0 aliphatic heterocycles. The maximum absolute atomic E-state index is 13.6. The average Bonchev–Trinajstić information content (AvgIpc) is 2.62. The maximum atomic E-state index is 13.6. The molecule has 0 aliphatic carbocycles. The van der Waals surface area contributed by atoms with Crippen molar-refractivity contribution in [1.82, 2.24) is 5.32 Å². The Bertz CT molecular complexity index is 779. The molecule has 0 radical (unpaired) electrons. The van der Waals surface area contributed by atoms with Crippen LogP contribution in [0.25, 0.3) is 0 Å². The van der Waals surface area contributed by atoms with E-state index in [1.165, 1.54) is 31.4 Å². The molecular formula is C17H15F3N2O3. The van der Waals surface area contributed by atoms with E-state index in [1.54, 1.807) is 0 Å². The summed E-state index contributed by atoms with van der Waals surface area (Å²) in [6.07, 6.45) is 0. The van der Waals surface area contributed by atoms with Crippen LogP contribution in [0, 0.1) is 17.5 Å². The van der Waals surface area contributed by atoms with E-state index >= 15 is 0 Å². The molecule has 0 saturated carbocycles. The molecule has 0 aliphatic rings. The second kappa shape index (κ2) is 8.29. The monoisotopic (exact) mass is 352 g/mol. The minimum absolute atomic E-state index is 0.123. The van der Waals surface area contributed by atoms with Gasteiger partial charge in [-0.25, -0.2) is 13.2 Å². The number of nitrogens with one attached hydrogen (secondary N) is 2. The number of hydrogen-bond acceptors (Lipinski definition) is 3. The standard InChI is InChI=1S/C17H15F3N2O3/c1-25-9-8-21-16(23)10-2-4-11(5-3-10)17(24)22-13-7-6-12(18)14(19)15(13)20/h2-7H,8-9H2,1H3,(H,21,23)(H,22,24). The second-order valence-electron chi connectivity index (χ2n) is 5.00. The quantitative estimate of drug-likeness (QED) is 0.621. The van der Waals surface area contributed by atoms with Crippen molar-refractivity contribution in [3.05, 3.63) is 65.0 Å². The molecule has 0 fully saturated rings. The topological polar surface area (TPSA) is 67.4 Å². The molecule has 0 heterocycles. The van der Waals surface area contributed by atoms with Crippen LogP contribution in [0.15, 0.2) is 36.4 Å². The van der Waals surface area contributed by atoms with Crippen LogP contribution >= 0.6 is 0 Å². The highest BCUT2D eigenvalue weighted by Crippen LogP contribution is 2.20. The highest BCUT2D eigenvalue weighted by atomic mass is 19.2. The van der Waals surface area contributed by atoms with Crippen LogP contribution < -0.4 is 10.6 Å². The summed E-state index contributed by atoms with van der Waals surface area (Å²) in [5, 5.41) is 4.76. The van der Waals surface area contributed by atoms with Gasteiger partial charge >= 0.3 is 0 Å². The third kappa shape index (κ3) is 4.57. The highest BCUT2D eigenvalue weighted by Gasteiger charge is 2.16. The molecule has 5 nitrogen and oxygen atoms in total. The fraction of sp³-hybridized carbons (Fsp3) is 0.176. The molecule has 25 heavy (non-hydrogen) atoms. The Balaban J connectivity index is 2.06. The molecule has 132 valence electrons. The van der Waals surface area contributed by atoms with Gasteiger partial charge in [-0.3, -0.25) is 9.59 Å². The number of amides is 2. The molecule has 2 amide bonds. The Kier molecular flexibility index (Phi) is 6.13. The number of methoxy groups -OCH3 is 1. The minimum Gasteiger partial charge on any atom is -0.383 e. The Morgan fingerprint density at radius 1 is 0.920 bits per heavy atom. The lowest BCUT2D eigenvalue weighted by Crippen LogP contribution is -2.27. The van der Waals surface area contributed by atoms with Crippen LogP contribution in [0.1, 0.15) is 20.7 Å². The summed E-state index contributed by atoms with van der Waals surface area (Å²) < 4.78 is 44.4. The number of benzene rings is 2. The summed E-state index contributed by atoms with van der Waals surface area (Å²) in [5.41, 5.74) is -0.0329. The summed E-state index contributed by atoms with van der Waals surface area (Å²) in [4.78, 5) is 23.9. The van der Waals surface area contributed by atoms with E-state index in [1.807, 2.05) is 0 Å². The number of anilines is 1. The second-order valence-corrected chi connectivity index (χ2v) is 5.00. The van der Waals surface area contributed by atoms with E-state index in [9.17, 15) is 22.8 Å². The fourth-order valence-corrected chi connectivity index (χ4v) is 1.96. The van der Waals surface area contributed by atoms with Gasteiger partial charge in [0.05, 0.1) is 12.3 Å². The van der Waals surface area contributed by atoms with E-state index in [4.69, 9.17) is 4.74 Å². The van der Waals surface area contributed by atoms with E-state index < -0.39 is 29.0 Å². The number of carbonyl (C=O) groups excluding carboxylic acids is 2. The van der Waals surface area contributed by atoms with Gasteiger partial charge in [-0.05, 0) is 36.4 Å². The van der Waals surface area contributed by atoms with Gasteiger partial charge in [0.2, 0.25) is 0 Å². The van der Waals surface area contributed by atoms with Gasteiger partial charge in [0.15, 0.2) is 17.5 Å². The number of ether oxygens (including phenoxy) is 1. The van der Waals surface area contributed by atoms with Crippen molar-refractivity contribution in [2.45, 2.75) is 0 Å². The summed E-state index contributed by atoms with van der Waals surface area (Å²) in [6.45, 7) is 0.707. The van der Waals surface area contributed by atoms with Crippen molar-refractivity contribution in [2.75, 3.05) is 25.6 Å². The summed E-state index contributed by atoms with van der Waals surface area (Å²) >= 11 is 0. The molecule has 0 bridgehead atoms. The van der Waals surface area contributed by atoms with Crippen LogP contribution in [0.2, 0.25) is 0 Å². The van der Waals surface area contributed by atoms with Crippen LogP contribution in [-0.2, 0) is 4.74 Å². The summed E-state index contributed by atoms with van der Waals surface area (Å²) in [5.74, 6) is -5.56. The summed E-state index contributed by atoms with van der Waals surface area (Å²) in [7, 11) is 1.51. The minimum atomic E-state index is -1.67. The van der Waals surface area contributed by atoms with Crippen molar-refractivity contribution in [3.63, 3.8) is 0 Å². The smallest absolute Gasteiger partial charge is 0.255 e. The molecule has 0 saturated heterocycles. The molecule has 0 spiro atoms. The van der Waals surface area contributed by atoms with Crippen LogP contribution in [-0.4, -0.2) is 32.1 Å². The van der Waals surface area contributed by atoms with Crippen LogP contribution in [0.4, 0.5) is 18.9 Å². The first-order valence-corrected chi connectivity index (χ1v) is 7.26. The maximum Gasteiger partial charge on any atom is 0.255 e. The Morgan fingerprint density at radius 2 is 1.52 bits per heavy atom. The Morgan fingerprint density at radius 3 is 2.12 bits per heavy atom. The van der Waals surface area contributed by atoms with Crippen molar-refractivity contribution in [1.29, 1.82) is 0 Å². The SMILES string of the molecule is COCCNC(=O)c1ccc(C(=O)Nc2ccc(F)c(F)c2F)cc1. The van der Waals surface area contributed by atoms with Gasteiger partial charge in [-0.2, -0.15) is 0 Å². The third-order valence-electron chi connectivity index (χ3n) is 3.28. The molecule has 0 atom stereocenters. The van der Waals surface area contributed by atoms with Crippen molar-refractivity contribution in [3.8, 4) is 0 Å². The van der Waals surface area contributed by atoms with E-state index in [-0.39, 0.29) is 11.5 Å². The largest absolute Gasteiger partial charge is 0.383 e. The van der Waals surface area contributed by atoms with Gasteiger partial charge in [-0.15, -0.1) is 0 Å². The van der Waals surface area contributed by atoms with Crippen LogP contribution in [0.3, 0.4) is 0 Å². The molecule has 0 aromatic heterocycles. The van der Waals surface area contributed by atoms with Gasteiger partial charge in [0.25, 0.3) is 11.8 Å². The van der Waals surface area contributed by atoms with Crippen molar-refractivity contribution >= 4 is 17.5 Å². The molecule has 0 unspecified atom stereocenters. The van der Waals surface area contributed by atoms with E-state index in [2.05, 4.69) is 10.6 Å². The Hall–Kier alpha value is -2.87. The molecule has 2 N–H and O–H groups in total. The third-order valence-corrected chi connectivity index (χ3v) is 3.28. The lowest BCUT2D eigenvalue weighted by Gasteiger charge is -2.08. The van der Waals surface area contributed by atoms with E-state index in [0.717, 1.165) is 6.07 Å². The fourth-order valence-electron chi connectivity index (χ4n) is 1.96. The number of rotatable bonds is 6. The zero-order valence-electron chi connectivity index (χ0n) is 13.2. The van der Waals surface area contributed by atoms with Gasteiger partial charge in [0, 0.05) is 24.8 Å². The van der Waals surface area contributed by atoms with Gasteiger partial charge in [0.1, 0.15) is 0 Å². The van der Waals surface area contributed by atoms with Gasteiger partial charge in [-0.1, -0.05) is 0 Å². The first kappa shape index (κ1) is 18.5. The molecule has 2 aromatic carbocycles. The normalized spacial score (nSPS) is 10.4. The van der Waals surface area contributed by atoms with Gasteiger partial charge < -0.3 is 15.4 Å². The molecule has 2 rings (SSSR count). The molecular weight excluding hydrogens is 337 g/mol. The van der Waals surface area contributed by atoms with E-state index in [0.29, 0.717) is 24.8 Å². The first-order valence-electron chi connectivity index (χ1n) is 7.26. The zero-order valence-corrected chi connectivity index (χ0v) is 13.2. The predicted octanol–water partition coefficient (Wildman–Crippen LogP) is 2.73. The van der Waals surface area contributed by atoms with Crippen molar-refractivity contribution < 1.29 is 27.5 Å². The lowest BCUT2D eigenvalue weighted by atomic mass is 10.1. The molecule has 2 aromatic rings. The van der Waals surface area contributed by atoms with Crippen molar-refractivity contribution in [2.24, 2.45) is 0 Å². The number of hydrogen-bond donors (Lipinski definition) is 2. The Labute approximate surface area is 141 Å². The first-order chi connectivity index (χ1) is 11.9. The number of carbonyl (C=O) groups is 2. The number of halogens is 3. The lowest BCUT2D eigenvalue weighted by molar-refractivity contribution is 0.0935. The summed E-state index contributed by atoms with van der Waals surface area (Å²) in [6, 6.07) is 7.18. The predicted molar refractivity (Wildman–Crippen MR) is 84.9 cm³/mol. The van der Waals surface area contributed by atoms with Crippen LogP contribution in [0.5, 0.6) is 0 Å². The highest BCUT2D eigenvalue weighted by molar-refractivity contribution is 6.05.